The maximum absolute atomic E-state index is 3.95. The van der Waals surface area contributed by atoms with Crippen molar-refractivity contribution in [3.63, 3.8) is 0 Å². The van der Waals surface area contributed by atoms with Crippen molar-refractivity contribution in [1.29, 1.82) is 0 Å². The lowest BCUT2D eigenvalue weighted by Crippen LogP contribution is -2.45. The van der Waals surface area contributed by atoms with Gasteiger partial charge in [-0.2, -0.15) is 0 Å². The van der Waals surface area contributed by atoms with Crippen LogP contribution in [-0.2, 0) is 0 Å². The zero-order chi connectivity index (χ0) is 19.8. The van der Waals surface area contributed by atoms with Crippen LogP contribution in [-0.4, -0.2) is 8.07 Å². The van der Waals surface area contributed by atoms with E-state index < -0.39 is 8.07 Å². The third-order valence-electron chi connectivity index (χ3n) is 7.75. The summed E-state index contributed by atoms with van der Waals surface area (Å²) in [7, 11) is -1.64. The number of rotatable bonds is 7. The van der Waals surface area contributed by atoms with Gasteiger partial charge in [0, 0.05) is 0 Å². The van der Waals surface area contributed by atoms with Gasteiger partial charge < -0.3 is 0 Å². The summed E-state index contributed by atoms with van der Waals surface area (Å²) in [5.74, 6) is 0. The Labute approximate surface area is 167 Å². The van der Waals surface area contributed by atoms with Crippen molar-refractivity contribution < 1.29 is 0 Å². The number of allylic oxidation sites excluding steroid dienone is 7. The molecule has 1 atom stereocenters. The van der Waals surface area contributed by atoms with Crippen molar-refractivity contribution in [3.8, 4) is 0 Å². The quantitative estimate of drug-likeness (QED) is 0.332. The van der Waals surface area contributed by atoms with Crippen LogP contribution < -0.4 is 0 Å². The van der Waals surface area contributed by atoms with Gasteiger partial charge in [-0.25, -0.2) is 0 Å². The van der Waals surface area contributed by atoms with Crippen molar-refractivity contribution in [2.75, 3.05) is 0 Å². The van der Waals surface area contributed by atoms with Crippen LogP contribution in [0.25, 0.3) is 5.57 Å². The Kier molecular flexibility index (Phi) is 5.81. The van der Waals surface area contributed by atoms with Gasteiger partial charge in [-0.15, -0.1) is 6.58 Å². The van der Waals surface area contributed by atoms with E-state index in [2.05, 4.69) is 84.5 Å². The minimum atomic E-state index is -1.64. The van der Waals surface area contributed by atoms with Crippen molar-refractivity contribution in [2.24, 2.45) is 0 Å². The van der Waals surface area contributed by atoms with E-state index in [0.717, 1.165) is 12.8 Å². The second-order valence-corrected chi connectivity index (χ2v) is 13.7. The molecule has 1 aromatic rings. The molecular formula is C26H36Si. The average Bonchev–Trinajstić information content (AvgIpc) is 3.15. The zero-order valence-electron chi connectivity index (χ0n) is 18.2. The van der Waals surface area contributed by atoms with Crippen LogP contribution >= 0.6 is 0 Å². The first-order valence-corrected chi connectivity index (χ1v) is 13.3. The monoisotopic (exact) mass is 376 g/mol. The molecule has 0 amide bonds. The molecule has 0 radical (unpaired) electrons. The fourth-order valence-corrected chi connectivity index (χ4v) is 12.0. The van der Waals surface area contributed by atoms with E-state index in [1.54, 1.807) is 33.4 Å². The van der Waals surface area contributed by atoms with Crippen LogP contribution in [0.15, 0.2) is 65.3 Å². The number of fused-ring (bicyclic) bond motifs is 1. The first-order valence-electron chi connectivity index (χ1n) is 10.7. The summed E-state index contributed by atoms with van der Waals surface area (Å²) >= 11 is 0. The summed E-state index contributed by atoms with van der Waals surface area (Å²) in [6.07, 6.45) is 6.93. The number of hydrogen-bond acceptors (Lipinski definition) is 0. The van der Waals surface area contributed by atoms with Gasteiger partial charge in [0.15, 0.2) is 0 Å². The van der Waals surface area contributed by atoms with E-state index in [1.807, 2.05) is 0 Å². The summed E-state index contributed by atoms with van der Waals surface area (Å²) in [5.41, 5.74) is 12.4. The Hall–Kier alpha value is -1.60. The molecule has 0 aliphatic heterocycles. The molecule has 1 aromatic carbocycles. The molecule has 0 saturated heterocycles. The molecule has 0 heterocycles. The Morgan fingerprint density at radius 2 is 1.56 bits per heavy atom. The molecule has 2 aliphatic carbocycles. The van der Waals surface area contributed by atoms with Gasteiger partial charge >= 0.3 is 0 Å². The lowest BCUT2D eigenvalue weighted by molar-refractivity contribution is 0.944. The largest absolute Gasteiger partial charge is 0.103 e. The topological polar surface area (TPSA) is 0 Å². The van der Waals surface area contributed by atoms with Crippen LogP contribution in [0.5, 0.6) is 0 Å². The Bertz CT molecular complexity index is 806. The van der Waals surface area contributed by atoms with Gasteiger partial charge in [0.05, 0.1) is 8.07 Å². The van der Waals surface area contributed by atoms with E-state index in [4.69, 9.17) is 0 Å². The second-order valence-electron chi connectivity index (χ2n) is 8.57. The molecule has 0 nitrogen and oxygen atoms in total. The SMILES string of the molecule is C=CCCC1=CC([Si](CC)(CC)C2C(C)=C(C)C(C)=C2C)c2ccccc21. The predicted octanol–water partition coefficient (Wildman–Crippen LogP) is 8.22. The summed E-state index contributed by atoms with van der Waals surface area (Å²) in [6, 6.07) is 11.9. The third kappa shape index (κ3) is 3.04. The van der Waals surface area contributed by atoms with Crippen LogP contribution in [0.3, 0.4) is 0 Å². The van der Waals surface area contributed by atoms with Gasteiger partial charge in [-0.3, -0.25) is 0 Å². The highest BCUT2D eigenvalue weighted by atomic mass is 28.3. The molecule has 0 aromatic heterocycles. The standard InChI is InChI=1S/C26H36Si/c1-8-11-14-22-17-25(24-16-13-12-15-23(22)24)27(9-2,10-3)26-20(6)18(4)19(5)21(26)7/h8,12-13,15-17,25-26H,1,9-11,14H2,2-7H3. The van der Waals surface area contributed by atoms with Crippen molar-refractivity contribution in [1.82, 2.24) is 0 Å². The predicted molar refractivity (Wildman–Crippen MR) is 124 cm³/mol. The molecule has 0 fully saturated rings. The fourth-order valence-electron chi connectivity index (χ4n) is 5.88. The Morgan fingerprint density at radius 3 is 2.11 bits per heavy atom. The minimum absolute atomic E-state index is 0.636. The Balaban J connectivity index is 2.16. The van der Waals surface area contributed by atoms with Crippen LogP contribution in [0.1, 0.15) is 71.1 Å². The number of benzene rings is 1. The fraction of sp³-hybridized carbons (Fsp3) is 0.462. The van der Waals surface area contributed by atoms with Gasteiger partial charge in [-0.1, -0.05) is 73.5 Å². The lowest BCUT2D eigenvalue weighted by Gasteiger charge is -2.43. The molecule has 27 heavy (non-hydrogen) atoms. The van der Waals surface area contributed by atoms with Crippen LogP contribution in [0.4, 0.5) is 0 Å². The lowest BCUT2D eigenvalue weighted by atomic mass is 10.0. The first kappa shape index (κ1) is 20.1. The highest BCUT2D eigenvalue weighted by Gasteiger charge is 2.50. The van der Waals surface area contributed by atoms with E-state index in [0.29, 0.717) is 11.1 Å². The summed E-state index contributed by atoms with van der Waals surface area (Å²) < 4.78 is 0. The van der Waals surface area contributed by atoms with Crippen LogP contribution in [0.2, 0.25) is 17.6 Å². The van der Waals surface area contributed by atoms with Crippen LogP contribution in [0, 0.1) is 0 Å². The van der Waals surface area contributed by atoms with E-state index >= 15 is 0 Å². The van der Waals surface area contributed by atoms with Crippen molar-refractivity contribution in [2.45, 2.75) is 77.6 Å². The van der Waals surface area contributed by atoms with Gasteiger partial charge in [-0.05, 0) is 79.5 Å². The number of hydrogen-bond donors (Lipinski definition) is 0. The summed E-state index contributed by atoms with van der Waals surface area (Å²) in [4.78, 5) is 0. The van der Waals surface area contributed by atoms with E-state index in [9.17, 15) is 0 Å². The third-order valence-corrected chi connectivity index (χ3v) is 14.1. The molecule has 144 valence electrons. The molecule has 1 heteroatoms. The van der Waals surface area contributed by atoms with E-state index in [1.165, 1.54) is 17.7 Å². The highest BCUT2D eigenvalue weighted by molar-refractivity contribution is 6.84. The van der Waals surface area contributed by atoms with Gasteiger partial charge in [0.25, 0.3) is 0 Å². The maximum Gasteiger partial charge on any atom is 0.0768 e. The maximum atomic E-state index is 3.95. The molecule has 2 aliphatic rings. The minimum Gasteiger partial charge on any atom is -0.103 e. The molecule has 0 N–H and O–H groups in total. The first-order chi connectivity index (χ1) is 12.9. The molecular weight excluding hydrogens is 340 g/mol. The molecule has 0 spiro atoms. The van der Waals surface area contributed by atoms with Gasteiger partial charge in [0.2, 0.25) is 0 Å². The Morgan fingerprint density at radius 1 is 0.963 bits per heavy atom. The summed E-state index contributed by atoms with van der Waals surface area (Å²) in [5, 5.41) is 0. The van der Waals surface area contributed by atoms with E-state index in [-0.39, 0.29) is 0 Å². The highest BCUT2D eigenvalue weighted by Crippen LogP contribution is 2.56. The molecule has 0 bridgehead atoms. The normalized spacial score (nSPS) is 20.4. The zero-order valence-corrected chi connectivity index (χ0v) is 19.2. The smallest absolute Gasteiger partial charge is 0.0768 e. The molecule has 0 saturated carbocycles. The summed E-state index contributed by atoms with van der Waals surface area (Å²) in [6.45, 7) is 18.4. The van der Waals surface area contributed by atoms with Gasteiger partial charge in [0.1, 0.15) is 0 Å². The van der Waals surface area contributed by atoms with Crippen molar-refractivity contribution in [3.05, 3.63) is 76.4 Å². The average molecular weight is 377 g/mol. The van der Waals surface area contributed by atoms with Crippen molar-refractivity contribution >= 4 is 13.6 Å². The second kappa shape index (κ2) is 7.79. The molecule has 1 unspecified atom stereocenters. The molecule has 3 rings (SSSR count).